The van der Waals surface area contributed by atoms with Gasteiger partial charge in [0.25, 0.3) is 0 Å². The van der Waals surface area contributed by atoms with Crippen LogP contribution in [0.5, 0.6) is 0 Å². The Balaban J connectivity index is 1.83. The van der Waals surface area contributed by atoms with Crippen LogP contribution in [0.1, 0.15) is 11.1 Å². The van der Waals surface area contributed by atoms with Crippen LogP contribution in [0.15, 0.2) is 40.9 Å². The molecule has 0 fully saturated rings. The van der Waals surface area contributed by atoms with Crippen LogP contribution >= 0.6 is 15.9 Å². The number of hydrogen-bond donors (Lipinski definition) is 1. The van der Waals surface area contributed by atoms with Crippen LogP contribution in [0.25, 0.3) is 11.0 Å². The molecule has 2 aromatic carbocycles. The summed E-state index contributed by atoms with van der Waals surface area (Å²) >= 11 is 3.41. The van der Waals surface area contributed by atoms with Gasteiger partial charge < -0.3 is 5.32 Å². The number of halogens is 1. The van der Waals surface area contributed by atoms with Gasteiger partial charge in [-0.05, 0) is 65.2 Å². The molecule has 0 radical (unpaired) electrons. The molecule has 1 N–H and O–H groups in total. The average molecular weight is 359 g/mol. The lowest BCUT2D eigenvalue weighted by molar-refractivity contribution is -0.116. The number of benzene rings is 2. The number of amides is 1. The quantitative estimate of drug-likeness (QED) is 0.779. The average Bonchev–Trinajstić information content (AvgIpc) is 2.84. The number of para-hydroxylation sites is 1. The molecule has 6 heteroatoms. The molecule has 0 bridgehead atoms. The highest BCUT2D eigenvalue weighted by atomic mass is 79.9. The van der Waals surface area contributed by atoms with Gasteiger partial charge in [-0.1, -0.05) is 17.3 Å². The van der Waals surface area contributed by atoms with E-state index >= 15 is 0 Å². The number of aryl methyl sites for hydroxylation is 2. The third-order valence-corrected chi connectivity index (χ3v) is 4.26. The maximum atomic E-state index is 12.2. The third-order valence-electron chi connectivity index (χ3n) is 3.57. The van der Waals surface area contributed by atoms with Crippen LogP contribution in [0, 0.1) is 13.8 Å². The van der Waals surface area contributed by atoms with Gasteiger partial charge in [0.2, 0.25) is 5.91 Å². The topological polar surface area (TPSA) is 59.8 Å². The molecule has 5 nitrogen and oxygen atoms in total. The van der Waals surface area contributed by atoms with Gasteiger partial charge in [-0.2, -0.15) is 0 Å². The zero-order valence-electron chi connectivity index (χ0n) is 12.3. The standard InChI is InChI=1S/C16H15BrN4O/c1-10-7-14-15(8-11(10)2)21(20-19-14)9-16(22)18-13-6-4-3-5-12(13)17/h3-8H,9H2,1-2H3,(H,18,22). The molecule has 0 aliphatic heterocycles. The summed E-state index contributed by atoms with van der Waals surface area (Å²) in [4.78, 5) is 12.2. The van der Waals surface area contributed by atoms with Crippen molar-refractivity contribution in [3.05, 3.63) is 52.0 Å². The molecule has 0 atom stereocenters. The highest BCUT2D eigenvalue weighted by Crippen LogP contribution is 2.21. The van der Waals surface area contributed by atoms with E-state index in [0.717, 1.165) is 32.3 Å². The molecular weight excluding hydrogens is 344 g/mol. The fraction of sp³-hybridized carbons (Fsp3) is 0.188. The summed E-state index contributed by atoms with van der Waals surface area (Å²) in [5, 5.41) is 11.1. The Bertz CT molecular complexity index is 856. The van der Waals surface area contributed by atoms with Crippen molar-refractivity contribution in [2.45, 2.75) is 20.4 Å². The van der Waals surface area contributed by atoms with Crippen molar-refractivity contribution < 1.29 is 4.79 Å². The first-order valence-corrected chi connectivity index (χ1v) is 7.69. The molecule has 0 saturated heterocycles. The summed E-state index contributed by atoms with van der Waals surface area (Å²) in [6.45, 7) is 4.20. The van der Waals surface area contributed by atoms with Crippen molar-refractivity contribution in [2.75, 3.05) is 5.32 Å². The minimum absolute atomic E-state index is 0.125. The minimum atomic E-state index is -0.142. The highest BCUT2D eigenvalue weighted by Gasteiger charge is 2.11. The molecule has 0 aliphatic rings. The number of carbonyl (C=O) groups excluding carboxylic acids is 1. The van der Waals surface area contributed by atoms with Crippen molar-refractivity contribution in [1.82, 2.24) is 15.0 Å². The van der Waals surface area contributed by atoms with Gasteiger partial charge in [0.1, 0.15) is 12.1 Å². The van der Waals surface area contributed by atoms with E-state index in [1.165, 1.54) is 0 Å². The van der Waals surface area contributed by atoms with Crippen molar-refractivity contribution in [2.24, 2.45) is 0 Å². The van der Waals surface area contributed by atoms with Crippen LogP contribution in [0.3, 0.4) is 0 Å². The molecule has 0 unspecified atom stereocenters. The Morgan fingerprint density at radius 1 is 1.23 bits per heavy atom. The lowest BCUT2D eigenvalue weighted by Gasteiger charge is -2.07. The maximum Gasteiger partial charge on any atom is 0.246 e. The predicted octanol–water partition coefficient (Wildman–Crippen LogP) is 3.45. The summed E-state index contributed by atoms with van der Waals surface area (Å²) in [5.74, 6) is -0.142. The van der Waals surface area contributed by atoms with E-state index in [4.69, 9.17) is 0 Å². The number of aromatic nitrogens is 3. The summed E-state index contributed by atoms with van der Waals surface area (Å²) in [5.41, 5.74) is 4.73. The molecule has 22 heavy (non-hydrogen) atoms. The Morgan fingerprint density at radius 3 is 2.73 bits per heavy atom. The second-order valence-electron chi connectivity index (χ2n) is 5.20. The largest absolute Gasteiger partial charge is 0.323 e. The molecule has 1 aromatic heterocycles. The maximum absolute atomic E-state index is 12.2. The summed E-state index contributed by atoms with van der Waals surface area (Å²) < 4.78 is 2.46. The number of rotatable bonds is 3. The van der Waals surface area contributed by atoms with Gasteiger partial charge in [0.05, 0.1) is 11.2 Å². The number of fused-ring (bicyclic) bond motifs is 1. The fourth-order valence-corrected chi connectivity index (χ4v) is 2.61. The molecular formula is C16H15BrN4O. The van der Waals surface area contributed by atoms with Crippen molar-refractivity contribution in [3.8, 4) is 0 Å². The number of nitrogens with one attached hydrogen (secondary N) is 1. The Labute approximate surface area is 136 Å². The minimum Gasteiger partial charge on any atom is -0.323 e. The van der Waals surface area contributed by atoms with E-state index in [1.54, 1.807) is 4.68 Å². The highest BCUT2D eigenvalue weighted by molar-refractivity contribution is 9.10. The first-order valence-electron chi connectivity index (χ1n) is 6.89. The lowest BCUT2D eigenvalue weighted by Crippen LogP contribution is -2.19. The van der Waals surface area contributed by atoms with Crippen LogP contribution in [0.4, 0.5) is 5.69 Å². The molecule has 0 saturated carbocycles. The summed E-state index contributed by atoms with van der Waals surface area (Å²) in [7, 11) is 0. The predicted molar refractivity (Wildman–Crippen MR) is 89.8 cm³/mol. The molecule has 1 amide bonds. The van der Waals surface area contributed by atoms with Crippen molar-refractivity contribution in [1.29, 1.82) is 0 Å². The Kier molecular flexibility index (Phi) is 3.94. The van der Waals surface area contributed by atoms with E-state index in [1.807, 2.05) is 50.2 Å². The smallest absolute Gasteiger partial charge is 0.246 e. The van der Waals surface area contributed by atoms with Crippen molar-refractivity contribution in [3.63, 3.8) is 0 Å². The number of hydrogen-bond acceptors (Lipinski definition) is 3. The number of nitrogens with zero attached hydrogens (tertiary/aromatic N) is 3. The van der Waals surface area contributed by atoms with Gasteiger partial charge in [0, 0.05) is 4.47 Å². The van der Waals surface area contributed by atoms with E-state index in [2.05, 4.69) is 31.6 Å². The fourth-order valence-electron chi connectivity index (χ4n) is 2.23. The number of anilines is 1. The second kappa shape index (κ2) is 5.88. The summed E-state index contributed by atoms with van der Waals surface area (Å²) in [6.07, 6.45) is 0. The van der Waals surface area contributed by atoms with Crippen LogP contribution in [-0.2, 0) is 11.3 Å². The number of carbonyl (C=O) groups is 1. The van der Waals surface area contributed by atoms with Gasteiger partial charge in [-0.3, -0.25) is 4.79 Å². The van der Waals surface area contributed by atoms with Gasteiger partial charge in [-0.25, -0.2) is 4.68 Å². The van der Waals surface area contributed by atoms with Crippen LogP contribution in [-0.4, -0.2) is 20.9 Å². The second-order valence-corrected chi connectivity index (χ2v) is 6.05. The molecule has 0 aliphatic carbocycles. The van der Waals surface area contributed by atoms with Crippen molar-refractivity contribution >= 4 is 38.6 Å². The van der Waals surface area contributed by atoms with E-state index < -0.39 is 0 Å². The first-order chi connectivity index (χ1) is 10.5. The SMILES string of the molecule is Cc1cc2nnn(CC(=O)Nc3ccccc3Br)c2cc1C. The van der Waals surface area contributed by atoms with Crippen LogP contribution in [0.2, 0.25) is 0 Å². The molecule has 112 valence electrons. The molecule has 1 heterocycles. The normalized spacial score (nSPS) is 10.9. The molecule has 0 spiro atoms. The zero-order valence-corrected chi connectivity index (χ0v) is 13.9. The Hall–Kier alpha value is -2.21. The van der Waals surface area contributed by atoms with E-state index in [9.17, 15) is 4.79 Å². The molecule has 3 aromatic rings. The van der Waals surface area contributed by atoms with E-state index in [0.29, 0.717) is 0 Å². The van der Waals surface area contributed by atoms with Gasteiger partial charge >= 0.3 is 0 Å². The third kappa shape index (κ3) is 2.87. The Morgan fingerprint density at radius 2 is 1.95 bits per heavy atom. The monoisotopic (exact) mass is 358 g/mol. The van der Waals surface area contributed by atoms with E-state index in [-0.39, 0.29) is 12.5 Å². The van der Waals surface area contributed by atoms with Gasteiger partial charge in [-0.15, -0.1) is 5.10 Å². The van der Waals surface area contributed by atoms with Gasteiger partial charge in [0.15, 0.2) is 0 Å². The summed E-state index contributed by atoms with van der Waals surface area (Å²) in [6, 6.07) is 11.5. The molecule has 3 rings (SSSR count). The zero-order chi connectivity index (χ0) is 15.7. The van der Waals surface area contributed by atoms with Crippen LogP contribution < -0.4 is 5.32 Å². The first kappa shape index (κ1) is 14.7. The lowest BCUT2D eigenvalue weighted by atomic mass is 10.1.